The number of hydrogen-bond donors (Lipinski definition) is 1. The Morgan fingerprint density at radius 1 is 1.19 bits per heavy atom. The second-order valence-electron chi connectivity index (χ2n) is 3.97. The highest BCUT2D eigenvalue weighted by atomic mass is 35.5. The molecular formula is C13H21ClN2. The first-order valence-corrected chi connectivity index (χ1v) is 6.26. The first-order valence-electron chi connectivity index (χ1n) is 5.89. The van der Waals surface area contributed by atoms with Gasteiger partial charge in [0.2, 0.25) is 0 Å². The number of halogens is 1. The zero-order chi connectivity index (χ0) is 12.0. The number of nitrogens with zero attached hydrogens (tertiary/aromatic N) is 1. The van der Waals surface area contributed by atoms with E-state index < -0.39 is 0 Å². The third kappa shape index (κ3) is 3.78. The second kappa shape index (κ2) is 6.89. The van der Waals surface area contributed by atoms with Crippen molar-refractivity contribution in [2.45, 2.75) is 19.8 Å². The molecule has 3 heteroatoms. The van der Waals surface area contributed by atoms with E-state index in [2.05, 4.69) is 30.9 Å². The fraction of sp³-hybridized carbons (Fsp3) is 0.538. The van der Waals surface area contributed by atoms with Crippen LogP contribution < -0.4 is 5.73 Å². The topological polar surface area (TPSA) is 29.3 Å². The van der Waals surface area contributed by atoms with Crippen LogP contribution in [0, 0.1) is 0 Å². The number of likely N-dealkylation sites (N-methyl/N-ethyl adjacent to an activating group) is 1. The maximum Gasteiger partial charge on any atom is 0.0406 e. The van der Waals surface area contributed by atoms with E-state index in [4.69, 9.17) is 17.3 Å². The summed E-state index contributed by atoms with van der Waals surface area (Å²) in [5, 5.41) is 0.780. The summed E-state index contributed by atoms with van der Waals surface area (Å²) < 4.78 is 0. The molecule has 2 N–H and O–H groups in total. The predicted octanol–water partition coefficient (Wildman–Crippen LogP) is 2.72. The quantitative estimate of drug-likeness (QED) is 0.829. The maximum absolute atomic E-state index is 5.88. The van der Waals surface area contributed by atoms with E-state index in [1.807, 2.05) is 12.1 Å². The van der Waals surface area contributed by atoms with Gasteiger partial charge < -0.3 is 10.6 Å². The standard InChI is InChI=1S/C13H21ClN2/c1-3-16(4-2)10-12(9-15)11-5-7-13(14)8-6-11/h5-8,12H,3-4,9-10,15H2,1-2H3. The highest BCUT2D eigenvalue weighted by molar-refractivity contribution is 6.30. The molecule has 1 aromatic carbocycles. The van der Waals surface area contributed by atoms with Crippen LogP contribution in [0.5, 0.6) is 0 Å². The Hall–Kier alpha value is -0.570. The van der Waals surface area contributed by atoms with Crippen LogP contribution in [0.25, 0.3) is 0 Å². The molecule has 1 aromatic rings. The molecule has 0 heterocycles. The molecule has 1 atom stereocenters. The van der Waals surface area contributed by atoms with Crippen LogP contribution in [0.4, 0.5) is 0 Å². The molecule has 0 radical (unpaired) electrons. The van der Waals surface area contributed by atoms with Gasteiger partial charge in [0.25, 0.3) is 0 Å². The van der Waals surface area contributed by atoms with Gasteiger partial charge >= 0.3 is 0 Å². The Bertz CT molecular complexity index is 293. The average molecular weight is 241 g/mol. The van der Waals surface area contributed by atoms with Gasteiger partial charge in [-0.1, -0.05) is 37.6 Å². The summed E-state index contributed by atoms with van der Waals surface area (Å²) in [5.74, 6) is 0.400. The first-order chi connectivity index (χ1) is 7.71. The molecule has 1 unspecified atom stereocenters. The molecular weight excluding hydrogens is 220 g/mol. The van der Waals surface area contributed by atoms with E-state index in [-0.39, 0.29) is 0 Å². The summed E-state index contributed by atoms with van der Waals surface area (Å²) in [5.41, 5.74) is 7.12. The van der Waals surface area contributed by atoms with E-state index in [9.17, 15) is 0 Å². The monoisotopic (exact) mass is 240 g/mol. The molecule has 0 spiro atoms. The zero-order valence-corrected chi connectivity index (χ0v) is 10.9. The lowest BCUT2D eigenvalue weighted by Crippen LogP contribution is -2.31. The van der Waals surface area contributed by atoms with Gasteiger partial charge in [0.05, 0.1) is 0 Å². The fourth-order valence-electron chi connectivity index (χ4n) is 1.84. The minimum absolute atomic E-state index is 0.400. The Kier molecular flexibility index (Phi) is 5.81. The molecule has 0 bridgehead atoms. The molecule has 0 aliphatic heterocycles. The van der Waals surface area contributed by atoms with Crippen molar-refractivity contribution in [3.63, 3.8) is 0 Å². The molecule has 2 nitrogen and oxygen atoms in total. The predicted molar refractivity (Wildman–Crippen MR) is 71.0 cm³/mol. The van der Waals surface area contributed by atoms with Crippen molar-refractivity contribution < 1.29 is 0 Å². The van der Waals surface area contributed by atoms with Crippen LogP contribution in [0.15, 0.2) is 24.3 Å². The summed E-state index contributed by atoms with van der Waals surface area (Å²) >= 11 is 5.88. The van der Waals surface area contributed by atoms with Crippen molar-refractivity contribution in [3.8, 4) is 0 Å². The van der Waals surface area contributed by atoms with E-state index >= 15 is 0 Å². The Morgan fingerprint density at radius 2 is 1.75 bits per heavy atom. The van der Waals surface area contributed by atoms with Crippen molar-refractivity contribution in [2.24, 2.45) is 5.73 Å². The molecule has 0 amide bonds. The Balaban J connectivity index is 2.70. The number of rotatable bonds is 6. The van der Waals surface area contributed by atoms with Gasteiger partial charge in [0.15, 0.2) is 0 Å². The summed E-state index contributed by atoms with van der Waals surface area (Å²) in [6.45, 7) is 8.20. The molecule has 0 aromatic heterocycles. The van der Waals surface area contributed by atoms with Crippen molar-refractivity contribution in [3.05, 3.63) is 34.9 Å². The van der Waals surface area contributed by atoms with E-state index in [0.29, 0.717) is 12.5 Å². The van der Waals surface area contributed by atoms with Crippen molar-refractivity contribution in [1.82, 2.24) is 4.90 Å². The Morgan fingerprint density at radius 3 is 2.19 bits per heavy atom. The van der Waals surface area contributed by atoms with Gasteiger partial charge in [0, 0.05) is 24.0 Å². The van der Waals surface area contributed by atoms with Gasteiger partial charge in [-0.3, -0.25) is 0 Å². The fourth-order valence-corrected chi connectivity index (χ4v) is 1.97. The highest BCUT2D eigenvalue weighted by Crippen LogP contribution is 2.18. The second-order valence-corrected chi connectivity index (χ2v) is 4.41. The summed E-state index contributed by atoms with van der Waals surface area (Å²) in [6.07, 6.45) is 0. The van der Waals surface area contributed by atoms with Crippen molar-refractivity contribution in [1.29, 1.82) is 0 Å². The lowest BCUT2D eigenvalue weighted by Gasteiger charge is -2.24. The van der Waals surface area contributed by atoms with Crippen LogP contribution in [0.1, 0.15) is 25.3 Å². The van der Waals surface area contributed by atoms with Crippen LogP contribution in [-0.2, 0) is 0 Å². The summed E-state index contributed by atoms with van der Waals surface area (Å²) in [7, 11) is 0. The molecule has 90 valence electrons. The van der Waals surface area contributed by atoms with Crippen LogP contribution in [0.2, 0.25) is 5.02 Å². The summed E-state index contributed by atoms with van der Waals surface area (Å²) in [4.78, 5) is 2.39. The van der Waals surface area contributed by atoms with E-state index in [1.54, 1.807) is 0 Å². The normalized spacial score (nSPS) is 13.1. The number of hydrogen-bond acceptors (Lipinski definition) is 2. The molecule has 0 fully saturated rings. The van der Waals surface area contributed by atoms with Crippen LogP contribution in [-0.4, -0.2) is 31.1 Å². The van der Waals surface area contributed by atoms with Crippen LogP contribution in [0.3, 0.4) is 0 Å². The minimum Gasteiger partial charge on any atom is -0.330 e. The van der Waals surface area contributed by atoms with Gasteiger partial charge in [0.1, 0.15) is 0 Å². The molecule has 0 aliphatic carbocycles. The largest absolute Gasteiger partial charge is 0.330 e. The molecule has 0 aliphatic rings. The number of nitrogens with two attached hydrogens (primary N) is 1. The SMILES string of the molecule is CCN(CC)CC(CN)c1ccc(Cl)cc1. The van der Waals surface area contributed by atoms with Crippen LogP contribution >= 0.6 is 11.6 Å². The smallest absolute Gasteiger partial charge is 0.0406 e. The summed E-state index contributed by atoms with van der Waals surface area (Å²) in [6, 6.07) is 8.01. The van der Waals surface area contributed by atoms with E-state index in [0.717, 1.165) is 24.7 Å². The lowest BCUT2D eigenvalue weighted by atomic mass is 9.98. The van der Waals surface area contributed by atoms with Crippen molar-refractivity contribution >= 4 is 11.6 Å². The van der Waals surface area contributed by atoms with Crippen molar-refractivity contribution in [2.75, 3.05) is 26.2 Å². The van der Waals surface area contributed by atoms with Gasteiger partial charge in [-0.25, -0.2) is 0 Å². The molecule has 0 saturated carbocycles. The van der Waals surface area contributed by atoms with Gasteiger partial charge in [-0.2, -0.15) is 0 Å². The third-order valence-electron chi connectivity index (χ3n) is 3.00. The van der Waals surface area contributed by atoms with Gasteiger partial charge in [-0.15, -0.1) is 0 Å². The Labute approximate surface area is 103 Å². The number of benzene rings is 1. The highest BCUT2D eigenvalue weighted by Gasteiger charge is 2.12. The van der Waals surface area contributed by atoms with Gasteiger partial charge in [-0.05, 0) is 30.8 Å². The minimum atomic E-state index is 0.400. The maximum atomic E-state index is 5.88. The average Bonchev–Trinajstić information content (AvgIpc) is 2.32. The zero-order valence-electron chi connectivity index (χ0n) is 10.1. The molecule has 1 rings (SSSR count). The molecule has 0 saturated heterocycles. The lowest BCUT2D eigenvalue weighted by molar-refractivity contribution is 0.284. The molecule has 16 heavy (non-hydrogen) atoms. The third-order valence-corrected chi connectivity index (χ3v) is 3.25. The van der Waals surface area contributed by atoms with E-state index in [1.165, 1.54) is 5.56 Å². The first kappa shape index (κ1) is 13.5.